The molecule has 5 heteroatoms. The van der Waals surface area contributed by atoms with Crippen LogP contribution < -0.4 is 4.74 Å². The third-order valence-electron chi connectivity index (χ3n) is 2.58. The number of ether oxygens (including phenoxy) is 1. The molecule has 0 saturated carbocycles. The van der Waals surface area contributed by atoms with Gasteiger partial charge < -0.3 is 19.8 Å². The number of aliphatic hydroxyl groups is 2. The van der Waals surface area contributed by atoms with Crippen molar-refractivity contribution in [3.63, 3.8) is 0 Å². The van der Waals surface area contributed by atoms with Gasteiger partial charge >= 0.3 is 0 Å². The zero-order valence-electron chi connectivity index (χ0n) is 10.7. The molecule has 0 bridgehead atoms. The summed E-state index contributed by atoms with van der Waals surface area (Å²) in [7, 11) is 3.18. The Bertz CT molecular complexity index is 447. The molecule has 1 aromatic rings. The Morgan fingerprint density at radius 1 is 1.28 bits per heavy atom. The summed E-state index contributed by atoms with van der Waals surface area (Å²) in [5.41, 5.74) is 0.850. The Hall–Kier alpha value is -2.17. The maximum atomic E-state index is 11.7. The molecule has 0 aliphatic carbocycles. The lowest BCUT2D eigenvalue weighted by atomic mass is 10.2. The van der Waals surface area contributed by atoms with Gasteiger partial charge in [0, 0.05) is 13.6 Å². The van der Waals surface area contributed by atoms with E-state index in [1.165, 1.54) is 11.8 Å². The fraction of sp³-hybridized carbons (Fsp3) is 0.308. The summed E-state index contributed by atoms with van der Waals surface area (Å²) in [6.45, 7) is 1.75. The Labute approximate surface area is 106 Å². The molecule has 0 atom stereocenters. The van der Waals surface area contributed by atoms with Crippen molar-refractivity contribution in [2.45, 2.75) is 13.5 Å². The molecule has 0 aliphatic heterocycles. The van der Waals surface area contributed by atoms with E-state index < -0.39 is 11.9 Å². The van der Waals surface area contributed by atoms with Crippen LogP contribution in [0.25, 0.3) is 0 Å². The molecule has 0 radical (unpaired) electrons. The zero-order valence-corrected chi connectivity index (χ0v) is 10.7. The van der Waals surface area contributed by atoms with Crippen molar-refractivity contribution in [1.29, 1.82) is 0 Å². The van der Waals surface area contributed by atoms with Gasteiger partial charge in [-0.1, -0.05) is 12.1 Å². The molecule has 0 saturated heterocycles. The fourth-order valence-corrected chi connectivity index (χ4v) is 1.46. The second-order valence-corrected chi connectivity index (χ2v) is 3.96. The van der Waals surface area contributed by atoms with Crippen molar-refractivity contribution in [3.8, 4) is 5.75 Å². The molecular weight excluding hydrogens is 234 g/mol. The molecule has 2 N–H and O–H groups in total. The summed E-state index contributed by atoms with van der Waals surface area (Å²) in [5, 5.41) is 17.7. The van der Waals surface area contributed by atoms with Crippen LogP contribution in [0.5, 0.6) is 5.75 Å². The van der Waals surface area contributed by atoms with Crippen LogP contribution in [0.4, 0.5) is 0 Å². The van der Waals surface area contributed by atoms with E-state index in [0.717, 1.165) is 11.3 Å². The Morgan fingerprint density at radius 3 is 2.28 bits per heavy atom. The van der Waals surface area contributed by atoms with Crippen LogP contribution in [0.15, 0.2) is 35.8 Å². The number of carbonyl (C=O) groups excluding carboxylic acids is 1. The van der Waals surface area contributed by atoms with Gasteiger partial charge in [0.15, 0.2) is 0 Å². The summed E-state index contributed by atoms with van der Waals surface area (Å²) >= 11 is 0. The molecule has 0 heterocycles. The highest BCUT2D eigenvalue weighted by Crippen LogP contribution is 2.13. The smallest absolute Gasteiger partial charge is 0.282 e. The topological polar surface area (TPSA) is 70.0 Å². The highest BCUT2D eigenvalue weighted by Gasteiger charge is 2.15. The highest BCUT2D eigenvalue weighted by atomic mass is 16.5. The van der Waals surface area contributed by atoms with Crippen molar-refractivity contribution in [3.05, 3.63) is 41.3 Å². The molecular formula is C13H17NO4. The van der Waals surface area contributed by atoms with Crippen LogP contribution in [0.2, 0.25) is 0 Å². The van der Waals surface area contributed by atoms with Crippen LogP contribution in [0.1, 0.15) is 12.5 Å². The summed E-state index contributed by atoms with van der Waals surface area (Å²) in [6, 6.07) is 7.31. The first-order valence-electron chi connectivity index (χ1n) is 5.43. The number of nitrogens with zero attached hydrogens (tertiary/aromatic N) is 1. The number of hydrogen-bond donors (Lipinski definition) is 2. The number of methoxy groups -OCH3 is 1. The third kappa shape index (κ3) is 3.41. The van der Waals surface area contributed by atoms with Crippen LogP contribution in [-0.4, -0.2) is 35.2 Å². The predicted octanol–water partition coefficient (Wildman–Crippen LogP) is 2.00. The summed E-state index contributed by atoms with van der Waals surface area (Å²) in [4.78, 5) is 13.1. The molecule has 0 spiro atoms. The van der Waals surface area contributed by atoms with E-state index in [1.54, 1.807) is 26.3 Å². The fourth-order valence-electron chi connectivity index (χ4n) is 1.46. The van der Waals surface area contributed by atoms with E-state index in [4.69, 9.17) is 14.9 Å². The Balaban J connectivity index is 2.72. The van der Waals surface area contributed by atoms with Gasteiger partial charge in [0.1, 0.15) is 5.75 Å². The lowest BCUT2D eigenvalue weighted by molar-refractivity contribution is -0.126. The summed E-state index contributed by atoms with van der Waals surface area (Å²) in [6.07, 6.45) is 0. The van der Waals surface area contributed by atoms with Crippen molar-refractivity contribution in [2.24, 2.45) is 0 Å². The number of aliphatic hydroxyl groups excluding tert-OH is 1. The molecule has 0 unspecified atom stereocenters. The largest absolute Gasteiger partial charge is 0.497 e. The van der Waals surface area contributed by atoms with Gasteiger partial charge in [-0.2, -0.15) is 0 Å². The molecule has 0 fully saturated rings. The standard InChI is InChI=1S/C13H17NO4/c1-9(13(16)17)12(15)14(2)8-10-4-6-11(18-3)7-5-10/h4-7,16-17H,8H2,1-3H3. The SMILES string of the molecule is COc1ccc(CN(C)C(=O)C(C)=C(O)O)cc1. The van der Waals surface area contributed by atoms with E-state index in [1.807, 2.05) is 12.1 Å². The van der Waals surface area contributed by atoms with E-state index in [-0.39, 0.29) is 5.57 Å². The summed E-state index contributed by atoms with van der Waals surface area (Å²) in [5.74, 6) is -0.621. The minimum atomic E-state index is -0.943. The molecule has 0 aliphatic rings. The normalized spacial score (nSPS) is 9.72. The van der Waals surface area contributed by atoms with E-state index in [2.05, 4.69) is 0 Å². The average Bonchev–Trinajstić information content (AvgIpc) is 2.37. The molecule has 0 aromatic heterocycles. The summed E-state index contributed by atoms with van der Waals surface area (Å²) < 4.78 is 5.04. The molecule has 18 heavy (non-hydrogen) atoms. The third-order valence-corrected chi connectivity index (χ3v) is 2.58. The Kier molecular flexibility index (Phi) is 4.59. The van der Waals surface area contributed by atoms with Crippen LogP contribution in [0, 0.1) is 0 Å². The molecule has 5 nitrogen and oxygen atoms in total. The van der Waals surface area contributed by atoms with Gasteiger partial charge in [-0.25, -0.2) is 0 Å². The van der Waals surface area contributed by atoms with Crippen molar-refractivity contribution in [2.75, 3.05) is 14.2 Å². The lowest BCUT2D eigenvalue weighted by Gasteiger charge is -2.17. The monoisotopic (exact) mass is 251 g/mol. The van der Waals surface area contributed by atoms with E-state index >= 15 is 0 Å². The van der Waals surface area contributed by atoms with Gasteiger partial charge in [-0.15, -0.1) is 0 Å². The maximum Gasteiger partial charge on any atom is 0.282 e. The number of likely N-dealkylation sites (N-methyl/N-ethyl adjacent to an activating group) is 1. The number of amides is 1. The van der Waals surface area contributed by atoms with Gasteiger partial charge in [-0.05, 0) is 24.6 Å². The van der Waals surface area contributed by atoms with Crippen molar-refractivity contribution < 1.29 is 19.7 Å². The maximum absolute atomic E-state index is 11.7. The molecule has 98 valence electrons. The molecule has 1 amide bonds. The van der Waals surface area contributed by atoms with Crippen LogP contribution in [0.3, 0.4) is 0 Å². The lowest BCUT2D eigenvalue weighted by Crippen LogP contribution is -2.27. The second-order valence-electron chi connectivity index (χ2n) is 3.96. The van der Waals surface area contributed by atoms with Crippen LogP contribution in [-0.2, 0) is 11.3 Å². The number of hydrogen-bond acceptors (Lipinski definition) is 4. The van der Waals surface area contributed by atoms with Gasteiger partial charge in [0.25, 0.3) is 11.9 Å². The minimum absolute atomic E-state index is 0.0778. The number of carbonyl (C=O) groups is 1. The van der Waals surface area contributed by atoms with Gasteiger partial charge in [-0.3, -0.25) is 4.79 Å². The predicted molar refractivity (Wildman–Crippen MR) is 67.4 cm³/mol. The van der Waals surface area contributed by atoms with Gasteiger partial charge in [0.2, 0.25) is 0 Å². The highest BCUT2D eigenvalue weighted by molar-refractivity contribution is 5.92. The molecule has 1 aromatic carbocycles. The van der Waals surface area contributed by atoms with Gasteiger partial charge in [0.05, 0.1) is 12.7 Å². The van der Waals surface area contributed by atoms with Crippen LogP contribution >= 0.6 is 0 Å². The number of rotatable bonds is 4. The first-order valence-corrected chi connectivity index (χ1v) is 5.43. The Morgan fingerprint density at radius 2 is 1.83 bits per heavy atom. The van der Waals surface area contributed by atoms with Crippen molar-refractivity contribution in [1.82, 2.24) is 4.90 Å². The first kappa shape index (κ1) is 13.9. The van der Waals surface area contributed by atoms with Crippen molar-refractivity contribution >= 4 is 5.91 Å². The second kappa shape index (κ2) is 5.95. The average molecular weight is 251 g/mol. The minimum Gasteiger partial charge on any atom is -0.497 e. The first-order chi connectivity index (χ1) is 8.45. The molecule has 1 rings (SSSR count). The quantitative estimate of drug-likeness (QED) is 0.634. The van der Waals surface area contributed by atoms with E-state index in [9.17, 15) is 4.79 Å². The zero-order chi connectivity index (χ0) is 13.7. The van der Waals surface area contributed by atoms with E-state index in [0.29, 0.717) is 6.54 Å². The number of benzene rings is 1.